The van der Waals surface area contributed by atoms with Crippen LogP contribution in [0.4, 0.5) is 0 Å². The SMILES string of the molecule is O=C(O)CCC1CCc2cc(Br)cc3[nH]c(=O)c(=O)n1c23. The Morgan fingerprint density at radius 3 is 2.90 bits per heavy atom. The second kappa shape index (κ2) is 5.14. The Bertz CT molecular complexity index is 852. The van der Waals surface area contributed by atoms with Crippen LogP contribution < -0.4 is 11.1 Å². The summed E-state index contributed by atoms with van der Waals surface area (Å²) < 4.78 is 2.32. The molecule has 1 aromatic heterocycles. The Morgan fingerprint density at radius 2 is 2.19 bits per heavy atom. The highest BCUT2D eigenvalue weighted by molar-refractivity contribution is 9.10. The molecular weight excluding hydrogens is 340 g/mol. The van der Waals surface area contributed by atoms with E-state index >= 15 is 0 Å². The fourth-order valence-electron chi connectivity index (χ4n) is 2.98. The van der Waals surface area contributed by atoms with Gasteiger partial charge in [0.25, 0.3) is 0 Å². The molecule has 0 amide bonds. The molecule has 0 fully saturated rings. The van der Waals surface area contributed by atoms with Crippen LogP contribution in [-0.4, -0.2) is 20.6 Å². The van der Waals surface area contributed by atoms with Gasteiger partial charge in [-0.1, -0.05) is 15.9 Å². The number of carboxylic acids is 1. The number of aromatic amines is 1. The maximum absolute atomic E-state index is 12.2. The molecular formula is C14H13BrN2O4. The smallest absolute Gasteiger partial charge is 0.316 e. The third-order valence-electron chi connectivity index (χ3n) is 3.86. The normalized spacial score (nSPS) is 17.1. The molecule has 21 heavy (non-hydrogen) atoms. The van der Waals surface area contributed by atoms with Crippen LogP contribution in [0.1, 0.15) is 30.9 Å². The number of nitrogens with one attached hydrogen (secondary N) is 1. The van der Waals surface area contributed by atoms with E-state index in [0.717, 1.165) is 16.5 Å². The molecule has 1 aliphatic rings. The van der Waals surface area contributed by atoms with E-state index in [4.69, 9.17) is 5.11 Å². The summed E-state index contributed by atoms with van der Waals surface area (Å²) in [4.78, 5) is 37.4. The highest BCUT2D eigenvalue weighted by Crippen LogP contribution is 2.32. The van der Waals surface area contributed by atoms with Crippen molar-refractivity contribution in [1.29, 1.82) is 0 Å². The minimum absolute atomic E-state index is 0.0166. The number of aromatic nitrogens is 2. The van der Waals surface area contributed by atoms with Gasteiger partial charge in [-0.3, -0.25) is 19.0 Å². The van der Waals surface area contributed by atoms with E-state index in [9.17, 15) is 14.4 Å². The van der Waals surface area contributed by atoms with E-state index in [0.29, 0.717) is 23.9 Å². The summed E-state index contributed by atoms with van der Waals surface area (Å²) in [6.45, 7) is 0. The van der Waals surface area contributed by atoms with Crippen LogP contribution in [0, 0.1) is 0 Å². The molecule has 7 heteroatoms. The second-order valence-electron chi connectivity index (χ2n) is 5.22. The average molecular weight is 353 g/mol. The summed E-state index contributed by atoms with van der Waals surface area (Å²) in [6.07, 6.45) is 1.75. The summed E-state index contributed by atoms with van der Waals surface area (Å²) in [5.74, 6) is -0.897. The van der Waals surface area contributed by atoms with E-state index < -0.39 is 17.1 Å². The van der Waals surface area contributed by atoms with Crippen molar-refractivity contribution in [2.45, 2.75) is 31.7 Å². The first-order chi connectivity index (χ1) is 9.97. The fraction of sp³-hybridized carbons (Fsp3) is 0.357. The van der Waals surface area contributed by atoms with E-state index in [1.54, 1.807) is 6.07 Å². The lowest BCUT2D eigenvalue weighted by atomic mass is 9.95. The van der Waals surface area contributed by atoms with Crippen molar-refractivity contribution in [3.05, 3.63) is 42.9 Å². The highest BCUT2D eigenvalue weighted by atomic mass is 79.9. The van der Waals surface area contributed by atoms with Crippen molar-refractivity contribution in [2.24, 2.45) is 0 Å². The summed E-state index contributed by atoms with van der Waals surface area (Å²) >= 11 is 3.39. The first kappa shape index (κ1) is 14.1. The standard InChI is InChI=1S/C14H13BrN2O4/c15-8-5-7-1-2-9(3-4-11(18)19)17-12(7)10(6-8)16-13(20)14(17)21/h5-6,9H,1-4H2,(H,16,20)(H,18,19). The van der Waals surface area contributed by atoms with Crippen LogP contribution >= 0.6 is 15.9 Å². The molecule has 2 aromatic rings. The van der Waals surface area contributed by atoms with Crippen molar-refractivity contribution in [1.82, 2.24) is 9.55 Å². The van der Waals surface area contributed by atoms with Crippen LogP contribution in [0.25, 0.3) is 11.0 Å². The molecule has 0 aliphatic carbocycles. The number of halogens is 1. The van der Waals surface area contributed by atoms with Crippen molar-refractivity contribution >= 4 is 32.9 Å². The largest absolute Gasteiger partial charge is 0.481 e. The first-order valence-electron chi connectivity index (χ1n) is 6.66. The summed E-state index contributed by atoms with van der Waals surface area (Å²) in [5.41, 5.74) is 1.02. The highest BCUT2D eigenvalue weighted by Gasteiger charge is 2.24. The van der Waals surface area contributed by atoms with Gasteiger partial charge >= 0.3 is 17.1 Å². The monoisotopic (exact) mass is 352 g/mol. The molecule has 0 bridgehead atoms. The maximum Gasteiger partial charge on any atom is 0.316 e. The van der Waals surface area contributed by atoms with Gasteiger partial charge < -0.3 is 10.1 Å². The Balaban J connectivity index is 2.25. The molecule has 3 rings (SSSR count). The number of H-pyrrole nitrogens is 1. The van der Waals surface area contributed by atoms with E-state index in [2.05, 4.69) is 20.9 Å². The Kier molecular flexibility index (Phi) is 3.44. The molecule has 6 nitrogen and oxygen atoms in total. The van der Waals surface area contributed by atoms with Gasteiger partial charge in [0.15, 0.2) is 0 Å². The van der Waals surface area contributed by atoms with Gasteiger partial charge in [0.1, 0.15) is 0 Å². The lowest BCUT2D eigenvalue weighted by Gasteiger charge is -2.27. The molecule has 110 valence electrons. The van der Waals surface area contributed by atoms with Gasteiger partial charge in [0.2, 0.25) is 0 Å². The number of hydrogen-bond donors (Lipinski definition) is 2. The van der Waals surface area contributed by atoms with Crippen molar-refractivity contribution in [3.8, 4) is 0 Å². The molecule has 1 aliphatic heterocycles. The Morgan fingerprint density at radius 1 is 1.43 bits per heavy atom. The van der Waals surface area contributed by atoms with Crippen LogP contribution in [0.2, 0.25) is 0 Å². The molecule has 2 heterocycles. The van der Waals surface area contributed by atoms with Crippen molar-refractivity contribution < 1.29 is 9.90 Å². The second-order valence-corrected chi connectivity index (χ2v) is 6.13. The van der Waals surface area contributed by atoms with E-state index in [1.165, 1.54) is 4.57 Å². The Hall–Kier alpha value is -1.89. The third kappa shape index (κ3) is 2.42. The lowest BCUT2D eigenvalue weighted by Crippen LogP contribution is -2.40. The number of aryl methyl sites for hydroxylation is 1. The number of rotatable bonds is 3. The Labute approximate surface area is 127 Å². The zero-order chi connectivity index (χ0) is 15.1. The summed E-state index contributed by atoms with van der Waals surface area (Å²) in [7, 11) is 0. The first-order valence-corrected chi connectivity index (χ1v) is 7.45. The fourth-order valence-corrected chi connectivity index (χ4v) is 3.48. The topological polar surface area (TPSA) is 92.2 Å². The molecule has 1 unspecified atom stereocenters. The van der Waals surface area contributed by atoms with Crippen molar-refractivity contribution in [2.75, 3.05) is 0 Å². The summed E-state index contributed by atoms with van der Waals surface area (Å²) in [6, 6.07) is 3.45. The molecule has 0 spiro atoms. The maximum atomic E-state index is 12.2. The van der Waals surface area contributed by atoms with Crippen LogP contribution in [0.5, 0.6) is 0 Å². The quantitative estimate of drug-likeness (QED) is 0.823. The van der Waals surface area contributed by atoms with Crippen LogP contribution in [-0.2, 0) is 11.2 Å². The summed E-state index contributed by atoms with van der Waals surface area (Å²) in [5, 5.41) is 8.83. The number of nitrogens with zero attached hydrogens (tertiary/aromatic N) is 1. The predicted molar refractivity (Wildman–Crippen MR) is 80.8 cm³/mol. The molecule has 1 aromatic carbocycles. The van der Waals surface area contributed by atoms with Gasteiger partial charge in [-0.25, -0.2) is 0 Å². The number of aliphatic carboxylic acids is 1. The minimum atomic E-state index is -0.897. The molecule has 0 saturated heterocycles. The molecule has 0 saturated carbocycles. The predicted octanol–water partition coefficient (Wildman–Crippen LogP) is 1.80. The zero-order valence-corrected chi connectivity index (χ0v) is 12.6. The third-order valence-corrected chi connectivity index (χ3v) is 4.32. The van der Waals surface area contributed by atoms with E-state index in [-0.39, 0.29) is 12.5 Å². The minimum Gasteiger partial charge on any atom is -0.481 e. The van der Waals surface area contributed by atoms with Gasteiger partial charge in [0.05, 0.1) is 11.0 Å². The van der Waals surface area contributed by atoms with E-state index in [1.807, 2.05) is 6.07 Å². The number of benzene rings is 1. The number of carboxylic acid groups (broad SMARTS) is 1. The van der Waals surface area contributed by atoms with Gasteiger partial charge in [-0.15, -0.1) is 0 Å². The van der Waals surface area contributed by atoms with Gasteiger partial charge in [-0.05, 0) is 37.0 Å². The van der Waals surface area contributed by atoms with Gasteiger partial charge in [0, 0.05) is 16.9 Å². The molecule has 1 atom stereocenters. The number of carbonyl (C=O) groups is 1. The van der Waals surface area contributed by atoms with Gasteiger partial charge in [-0.2, -0.15) is 0 Å². The lowest BCUT2D eigenvalue weighted by molar-refractivity contribution is -0.137. The molecule has 2 N–H and O–H groups in total. The van der Waals surface area contributed by atoms with Crippen LogP contribution in [0.15, 0.2) is 26.2 Å². The van der Waals surface area contributed by atoms with Crippen LogP contribution in [0.3, 0.4) is 0 Å². The average Bonchev–Trinajstić information content (AvgIpc) is 2.42. The number of hydrogen-bond acceptors (Lipinski definition) is 3. The molecule has 0 radical (unpaired) electrons. The van der Waals surface area contributed by atoms with Crippen molar-refractivity contribution in [3.63, 3.8) is 0 Å². The zero-order valence-electron chi connectivity index (χ0n) is 11.1.